The Morgan fingerprint density at radius 3 is 1.48 bits per heavy atom. The number of benzene rings is 7. The monoisotopic (exact) mass is 645 g/mol. The van der Waals surface area contributed by atoms with Crippen molar-refractivity contribution in [3.8, 4) is 45.5 Å². The van der Waals surface area contributed by atoms with Crippen molar-refractivity contribution in [2.45, 2.75) is 0 Å². The SMILES string of the molecule is [2H]c1cc([2H])c2c(c1)c1c([2H])c3c(c([2H])c1n2-c1cccc(-c2ccccc2)c1)c1cc([2H])cc([2H])c1n3-c1nc(-c2ccccc2)nc(-c2ccccc2)n1. The first kappa shape index (κ1) is 22.7. The molecule has 0 aliphatic carbocycles. The number of hydrogen-bond acceptors (Lipinski definition) is 3. The van der Waals surface area contributed by atoms with Crippen LogP contribution in [0.1, 0.15) is 8.22 Å². The van der Waals surface area contributed by atoms with Gasteiger partial charge in [-0.1, -0.05) is 139 Å². The van der Waals surface area contributed by atoms with E-state index in [1.807, 2.05) is 120 Å². The van der Waals surface area contributed by atoms with E-state index in [2.05, 4.69) is 0 Å². The van der Waals surface area contributed by atoms with Crippen LogP contribution in [0.4, 0.5) is 0 Å². The van der Waals surface area contributed by atoms with E-state index in [0.29, 0.717) is 55.4 Å². The molecule has 0 amide bonds. The number of fused-ring (bicyclic) bond motifs is 6. The second-order valence-corrected chi connectivity index (χ2v) is 12.0. The molecule has 5 heteroatoms. The Kier molecular flexibility index (Phi) is 5.17. The number of aromatic nitrogens is 5. The summed E-state index contributed by atoms with van der Waals surface area (Å²) in [5.41, 5.74) is 5.59. The van der Waals surface area contributed by atoms with E-state index >= 15 is 0 Å². The lowest BCUT2D eigenvalue weighted by molar-refractivity contribution is 0.954. The molecule has 0 saturated heterocycles. The van der Waals surface area contributed by atoms with E-state index in [-0.39, 0.29) is 47.7 Å². The molecule has 5 nitrogen and oxygen atoms in total. The molecule has 7 aromatic carbocycles. The van der Waals surface area contributed by atoms with Crippen molar-refractivity contribution in [3.05, 3.63) is 176 Å². The third kappa shape index (κ3) is 4.52. The fourth-order valence-electron chi connectivity index (χ4n) is 6.75. The molecule has 0 bridgehead atoms. The van der Waals surface area contributed by atoms with Gasteiger partial charge in [0.1, 0.15) is 0 Å². The Bertz CT molecular complexity index is 3140. The van der Waals surface area contributed by atoms with Crippen molar-refractivity contribution in [2.75, 3.05) is 0 Å². The number of rotatable bonds is 5. The summed E-state index contributed by atoms with van der Waals surface area (Å²) < 4.78 is 59.3. The summed E-state index contributed by atoms with van der Waals surface area (Å²) >= 11 is 0. The normalized spacial score (nSPS) is 13.3. The summed E-state index contributed by atoms with van der Waals surface area (Å²) in [6, 6.07) is 43.4. The second kappa shape index (κ2) is 11.4. The van der Waals surface area contributed by atoms with E-state index in [1.54, 1.807) is 16.7 Å². The van der Waals surface area contributed by atoms with Gasteiger partial charge in [0.25, 0.3) is 0 Å². The quantitative estimate of drug-likeness (QED) is 0.187. The van der Waals surface area contributed by atoms with Gasteiger partial charge < -0.3 is 4.57 Å². The molecule has 0 fully saturated rings. The Balaban J connectivity index is 1.38. The van der Waals surface area contributed by atoms with Gasteiger partial charge in [-0.15, -0.1) is 0 Å². The van der Waals surface area contributed by atoms with Crippen molar-refractivity contribution in [1.29, 1.82) is 0 Å². The summed E-state index contributed by atoms with van der Waals surface area (Å²) in [5, 5.41) is 1.65. The smallest absolute Gasteiger partial charge is 0.238 e. The first-order valence-corrected chi connectivity index (χ1v) is 16.3. The van der Waals surface area contributed by atoms with Crippen LogP contribution in [0.5, 0.6) is 0 Å². The highest BCUT2D eigenvalue weighted by Gasteiger charge is 2.21. The maximum absolute atomic E-state index is 10.1. The summed E-state index contributed by atoms with van der Waals surface area (Å²) in [6.07, 6.45) is 0. The minimum atomic E-state index is 0.0142. The van der Waals surface area contributed by atoms with Crippen molar-refractivity contribution >= 4 is 43.6 Å². The highest BCUT2D eigenvalue weighted by atomic mass is 15.2. The van der Waals surface area contributed by atoms with Gasteiger partial charge in [0, 0.05) is 38.4 Å². The number of para-hydroxylation sites is 2. The molecule has 0 saturated carbocycles. The Hall–Kier alpha value is -6.85. The minimum Gasteiger partial charge on any atom is -0.309 e. The maximum Gasteiger partial charge on any atom is 0.238 e. The first-order valence-electron chi connectivity index (χ1n) is 19.3. The van der Waals surface area contributed by atoms with Crippen LogP contribution in [0.25, 0.3) is 89.2 Å². The summed E-state index contributed by atoms with van der Waals surface area (Å²) in [6.45, 7) is 0. The molecule has 3 heterocycles. The van der Waals surface area contributed by atoms with Gasteiger partial charge >= 0.3 is 0 Å². The lowest BCUT2D eigenvalue weighted by Gasteiger charge is -2.11. The molecule has 0 atom stereocenters. The molecule has 0 aliphatic rings. The summed E-state index contributed by atoms with van der Waals surface area (Å²) in [4.78, 5) is 14.8. The van der Waals surface area contributed by atoms with Crippen LogP contribution >= 0.6 is 0 Å². The van der Waals surface area contributed by atoms with Crippen molar-refractivity contribution in [3.63, 3.8) is 0 Å². The Labute approximate surface area is 296 Å². The lowest BCUT2D eigenvalue weighted by Crippen LogP contribution is -2.06. The summed E-state index contributed by atoms with van der Waals surface area (Å²) in [5.74, 6) is 0.927. The third-order valence-electron chi connectivity index (χ3n) is 9.04. The van der Waals surface area contributed by atoms with E-state index in [4.69, 9.17) is 19.1 Å². The molecule has 0 radical (unpaired) electrons. The molecule has 10 aromatic rings. The molecular weight excluding hydrogens is 611 g/mol. The van der Waals surface area contributed by atoms with Crippen LogP contribution in [0.15, 0.2) is 176 Å². The average Bonchev–Trinajstić information content (AvgIpc) is 3.76. The van der Waals surface area contributed by atoms with Crippen molar-refractivity contribution in [1.82, 2.24) is 24.1 Å². The Morgan fingerprint density at radius 2 is 0.900 bits per heavy atom. The molecule has 3 aromatic heterocycles. The van der Waals surface area contributed by atoms with E-state index in [9.17, 15) is 4.11 Å². The minimum absolute atomic E-state index is 0.0142. The van der Waals surface area contributed by atoms with Crippen LogP contribution in [0, 0.1) is 0 Å². The van der Waals surface area contributed by atoms with Crippen molar-refractivity contribution in [2.24, 2.45) is 0 Å². The zero-order valence-corrected chi connectivity index (χ0v) is 26.5. The molecule has 10 rings (SSSR count). The molecule has 50 heavy (non-hydrogen) atoms. The Morgan fingerprint density at radius 1 is 0.400 bits per heavy atom. The molecule has 0 N–H and O–H groups in total. The van der Waals surface area contributed by atoms with Gasteiger partial charge in [0.15, 0.2) is 11.6 Å². The zero-order valence-electron chi connectivity index (χ0n) is 32.5. The largest absolute Gasteiger partial charge is 0.309 e. The van der Waals surface area contributed by atoms with E-state index in [0.717, 1.165) is 22.3 Å². The topological polar surface area (TPSA) is 48.5 Å². The second-order valence-electron chi connectivity index (χ2n) is 12.0. The van der Waals surface area contributed by atoms with Gasteiger partial charge in [-0.2, -0.15) is 9.97 Å². The molecule has 0 spiro atoms. The zero-order chi connectivity index (χ0) is 38.2. The maximum atomic E-state index is 10.1. The van der Waals surface area contributed by atoms with Crippen LogP contribution < -0.4 is 0 Å². The first-order chi connectivity index (χ1) is 27.3. The van der Waals surface area contributed by atoms with Crippen LogP contribution in [0.3, 0.4) is 0 Å². The molecular formula is C45H29N5. The fourth-order valence-corrected chi connectivity index (χ4v) is 6.75. The number of hydrogen-bond donors (Lipinski definition) is 0. The van der Waals surface area contributed by atoms with Gasteiger partial charge in [-0.25, -0.2) is 4.98 Å². The summed E-state index contributed by atoms with van der Waals surface area (Å²) in [7, 11) is 0. The predicted molar refractivity (Wildman–Crippen MR) is 205 cm³/mol. The molecule has 234 valence electrons. The van der Waals surface area contributed by atoms with Gasteiger partial charge in [0.2, 0.25) is 5.95 Å². The van der Waals surface area contributed by atoms with Crippen LogP contribution in [-0.2, 0) is 0 Å². The highest BCUT2D eigenvalue weighted by molar-refractivity contribution is 6.19. The van der Waals surface area contributed by atoms with Gasteiger partial charge in [-0.05, 0) is 47.4 Å². The predicted octanol–water partition coefficient (Wildman–Crippen LogP) is 11.1. The third-order valence-corrected chi connectivity index (χ3v) is 9.04. The molecule has 0 aliphatic heterocycles. The fraction of sp³-hybridized carbons (Fsp3) is 0. The van der Waals surface area contributed by atoms with Gasteiger partial charge in [-0.3, -0.25) is 4.57 Å². The number of nitrogens with zero attached hydrogens (tertiary/aromatic N) is 5. The van der Waals surface area contributed by atoms with E-state index in [1.165, 1.54) is 12.1 Å². The lowest BCUT2D eigenvalue weighted by atomic mass is 10.1. The van der Waals surface area contributed by atoms with Crippen LogP contribution in [-0.4, -0.2) is 24.1 Å². The molecule has 0 unspecified atom stereocenters. The van der Waals surface area contributed by atoms with Crippen LogP contribution in [0.2, 0.25) is 0 Å². The van der Waals surface area contributed by atoms with Crippen molar-refractivity contribution < 1.29 is 8.22 Å². The standard InChI is InChI=1S/C45H29N5/c1-4-15-30(16-5-1)33-21-14-22-34(27-33)49-39-25-12-10-23-35(39)37-29-42-38(28-41(37)49)36-24-11-13-26-40(36)50(42)45-47-43(31-17-6-2-7-18-31)46-44(48-45)32-19-8-3-9-20-32/h1-29H/i10D,11D,25D,26D,28D,29D. The van der Waals surface area contributed by atoms with Gasteiger partial charge in [0.05, 0.1) is 30.3 Å². The average molecular weight is 646 g/mol. The highest BCUT2D eigenvalue weighted by Crippen LogP contribution is 2.40. The van der Waals surface area contributed by atoms with E-state index < -0.39 is 0 Å².